The fourth-order valence-corrected chi connectivity index (χ4v) is 2.01. The molecular formula is C14H24O6. The van der Waals surface area contributed by atoms with Crippen LogP contribution in [0, 0.1) is 0 Å². The molecule has 0 aromatic heterocycles. The van der Waals surface area contributed by atoms with E-state index in [4.69, 9.17) is 14.6 Å². The van der Waals surface area contributed by atoms with E-state index in [1.165, 1.54) is 0 Å². The van der Waals surface area contributed by atoms with E-state index in [1.54, 1.807) is 19.9 Å². The van der Waals surface area contributed by atoms with E-state index in [0.29, 0.717) is 12.8 Å². The van der Waals surface area contributed by atoms with Crippen molar-refractivity contribution in [3.8, 4) is 0 Å². The van der Waals surface area contributed by atoms with Gasteiger partial charge in [0, 0.05) is 12.5 Å². The monoisotopic (exact) mass is 288 g/mol. The Balaban J connectivity index is 2.41. The second kappa shape index (κ2) is 7.17. The Kier molecular flexibility index (Phi) is 6.13. The molecule has 0 amide bonds. The maximum Gasteiger partial charge on any atom is 0.327 e. The van der Waals surface area contributed by atoms with Gasteiger partial charge in [-0.05, 0) is 33.6 Å². The first kappa shape index (κ1) is 17.1. The van der Waals surface area contributed by atoms with Crippen LogP contribution in [0.5, 0.6) is 0 Å². The molecule has 0 radical (unpaired) electrons. The zero-order valence-corrected chi connectivity index (χ0v) is 12.2. The summed E-state index contributed by atoms with van der Waals surface area (Å²) in [6.07, 6.45) is 1.52. The second-order valence-electron chi connectivity index (χ2n) is 5.67. The van der Waals surface area contributed by atoms with Crippen LogP contribution in [0.1, 0.15) is 40.0 Å². The van der Waals surface area contributed by atoms with E-state index in [9.17, 15) is 15.0 Å². The van der Waals surface area contributed by atoms with Crippen LogP contribution < -0.4 is 0 Å². The highest BCUT2D eigenvalue weighted by Crippen LogP contribution is 2.30. The first-order chi connectivity index (χ1) is 9.22. The van der Waals surface area contributed by atoms with E-state index in [-0.39, 0.29) is 12.5 Å². The predicted octanol–water partition coefficient (Wildman–Crippen LogP) is 1.06. The van der Waals surface area contributed by atoms with Gasteiger partial charge >= 0.3 is 5.97 Å². The lowest BCUT2D eigenvalue weighted by Gasteiger charge is -2.43. The van der Waals surface area contributed by atoms with Gasteiger partial charge in [-0.3, -0.25) is 0 Å². The van der Waals surface area contributed by atoms with Crippen LogP contribution in [-0.2, 0) is 14.3 Å². The fourth-order valence-electron chi connectivity index (χ4n) is 2.01. The predicted molar refractivity (Wildman–Crippen MR) is 72.1 cm³/mol. The number of rotatable bonds is 6. The molecule has 0 bridgehead atoms. The van der Waals surface area contributed by atoms with Crippen molar-refractivity contribution in [1.82, 2.24) is 0 Å². The van der Waals surface area contributed by atoms with Crippen molar-refractivity contribution < 1.29 is 29.6 Å². The van der Waals surface area contributed by atoms with Crippen LogP contribution >= 0.6 is 0 Å². The van der Waals surface area contributed by atoms with Crippen molar-refractivity contribution in [2.24, 2.45) is 0 Å². The number of aliphatic carboxylic acids is 1. The molecule has 0 aromatic rings. The molecule has 1 rings (SSSR count). The molecule has 3 unspecified atom stereocenters. The number of aliphatic hydroxyl groups is 2. The van der Waals surface area contributed by atoms with Gasteiger partial charge in [0.2, 0.25) is 0 Å². The Labute approximate surface area is 119 Å². The third kappa shape index (κ3) is 5.20. The summed E-state index contributed by atoms with van der Waals surface area (Å²) in [6, 6.07) is 0. The summed E-state index contributed by atoms with van der Waals surface area (Å²) in [5, 5.41) is 28.1. The smallest absolute Gasteiger partial charge is 0.327 e. The van der Waals surface area contributed by atoms with Crippen LogP contribution in [0.3, 0.4) is 0 Å². The number of hydrogen-bond donors (Lipinski definition) is 3. The highest BCUT2D eigenvalue weighted by Gasteiger charge is 2.42. The summed E-state index contributed by atoms with van der Waals surface area (Å²) < 4.78 is 11.2. The molecule has 20 heavy (non-hydrogen) atoms. The lowest BCUT2D eigenvalue weighted by Crippen LogP contribution is -2.54. The number of hydrogen-bond acceptors (Lipinski definition) is 5. The molecular weight excluding hydrogens is 264 g/mol. The maximum absolute atomic E-state index is 10.3. The average molecular weight is 288 g/mol. The van der Waals surface area contributed by atoms with Gasteiger partial charge in [-0.15, -0.1) is 0 Å². The molecule has 0 aromatic carbocycles. The van der Waals surface area contributed by atoms with Crippen molar-refractivity contribution in [2.75, 3.05) is 0 Å². The van der Waals surface area contributed by atoms with Crippen LogP contribution in [0.4, 0.5) is 0 Å². The Morgan fingerprint density at radius 1 is 1.50 bits per heavy atom. The SMILES string of the molecule is C[C@H](CC/C=C/C(=O)O)OC1OC(C)(C)C(O)CC1O. The molecule has 1 aliphatic rings. The van der Waals surface area contributed by atoms with Crippen molar-refractivity contribution in [3.05, 3.63) is 12.2 Å². The summed E-state index contributed by atoms with van der Waals surface area (Å²) in [5.74, 6) is -0.972. The van der Waals surface area contributed by atoms with Gasteiger partial charge in [0.05, 0.1) is 17.8 Å². The van der Waals surface area contributed by atoms with E-state index < -0.39 is 30.1 Å². The Morgan fingerprint density at radius 2 is 2.15 bits per heavy atom. The number of carboxylic acid groups (broad SMARTS) is 1. The van der Waals surface area contributed by atoms with Gasteiger partial charge in [0.1, 0.15) is 6.10 Å². The summed E-state index contributed by atoms with van der Waals surface area (Å²) >= 11 is 0. The zero-order chi connectivity index (χ0) is 15.3. The lowest BCUT2D eigenvalue weighted by molar-refractivity contribution is -0.304. The minimum atomic E-state index is -0.972. The highest BCUT2D eigenvalue weighted by atomic mass is 16.7. The standard InChI is InChI=1S/C14H24O6/c1-9(6-4-5-7-12(17)18)19-13-10(15)8-11(16)14(2,3)20-13/h5,7,9-11,13,15-16H,4,6,8H2,1-3H3,(H,17,18)/b7-5+/t9-,10?,11?,13?/m1/s1. The van der Waals surface area contributed by atoms with Crippen molar-refractivity contribution in [2.45, 2.75) is 70.2 Å². The molecule has 3 N–H and O–H groups in total. The first-order valence-electron chi connectivity index (χ1n) is 6.81. The van der Waals surface area contributed by atoms with Gasteiger partial charge in [-0.2, -0.15) is 0 Å². The summed E-state index contributed by atoms with van der Waals surface area (Å²) in [7, 11) is 0. The largest absolute Gasteiger partial charge is 0.478 e. The average Bonchev–Trinajstić information content (AvgIpc) is 2.31. The number of ether oxygens (including phenoxy) is 2. The number of carboxylic acids is 1. The van der Waals surface area contributed by atoms with Crippen molar-refractivity contribution in [1.29, 1.82) is 0 Å². The normalized spacial score (nSPS) is 31.4. The van der Waals surface area contributed by atoms with Gasteiger partial charge in [-0.1, -0.05) is 6.08 Å². The Hall–Kier alpha value is -0.950. The van der Waals surface area contributed by atoms with E-state index in [2.05, 4.69) is 0 Å². The van der Waals surface area contributed by atoms with E-state index in [0.717, 1.165) is 6.08 Å². The van der Waals surface area contributed by atoms with Gasteiger partial charge < -0.3 is 24.8 Å². The van der Waals surface area contributed by atoms with Crippen LogP contribution in [0.2, 0.25) is 0 Å². The van der Waals surface area contributed by atoms with E-state index in [1.807, 2.05) is 6.92 Å². The lowest BCUT2D eigenvalue weighted by atomic mass is 9.92. The van der Waals surface area contributed by atoms with Gasteiger partial charge in [0.25, 0.3) is 0 Å². The summed E-state index contributed by atoms with van der Waals surface area (Å²) in [4.78, 5) is 10.3. The zero-order valence-electron chi connectivity index (χ0n) is 12.2. The third-order valence-electron chi connectivity index (χ3n) is 3.37. The Bertz CT molecular complexity index is 352. The molecule has 1 saturated heterocycles. The second-order valence-corrected chi connectivity index (χ2v) is 5.67. The molecule has 0 aliphatic carbocycles. The highest BCUT2D eigenvalue weighted by molar-refractivity contribution is 5.79. The molecule has 116 valence electrons. The molecule has 1 heterocycles. The first-order valence-corrected chi connectivity index (χ1v) is 6.81. The minimum Gasteiger partial charge on any atom is -0.478 e. The van der Waals surface area contributed by atoms with E-state index >= 15 is 0 Å². The fraction of sp³-hybridized carbons (Fsp3) is 0.786. The molecule has 1 aliphatic heterocycles. The van der Waals surface area contributed by atoms with Crippen LogP contribution in [0.25, 0.3) is 0 Å². The quantitative estimate of drug-likeness (QED) is 0.632. The summed E-state index contributed by atoms with van der Waals surface area (Å²) in [5.41, 5.74) is -0.757. The maximum atomic E-state index is 10.3. The van der Waals surface area contributed by atoms with Crippen molar-refractivity contribution >= 4 is 5.97 Å². The van der Waals surface area contributed by atoms with Crippen LogP contribution in [0.15, 0.2) is 12.2 Å². The number of aliphatic hydroxyl groups excluding tert-OH is 2. The Morgan fingerprint density at radius 3 is 2.75 bits per heavy atom. The van der Waals surface area contributed by atoms with Crippen LogP contribution in [-0.4, -0.2) is 51.5 Å². The van der Waals surface area contributed by atoms with Crippen molar-refractivity contribution in [3.63, 3.8) is 0 Å². The summed E-state index contributed by atoms with van der Waals surface area (Å²) in [6.45, 7) is 5.34. The minimum absolute atomic E-state index is 0.181. The molecule has 0 spiro atoms. The van der Waals surface area contributed by atoms with Gasteiger partial charge in [0.15, 0.2) is 6.29 Å². The molecule has 4 atom stereocenters. The third-order valence-corrected chi connectivity index (χ3v) is 3.37. The molecule has 6 nitrogen and oxygen atoms in total. The van der Waals surface area contributed by atoms with Gasteiger partial charge in [-0.25, -0.2) is 4.79 Å². The topological polar surface area (TPSA) is 96.2 Å². The molecule has 1 fully saturated rings. The molecule has 0 saturated carbocycles. The molecule has 6 heteroatoms. The number of allylic oxidation sites excluding steroid dienone is 1. The number of carbonyl (C=O) groups is 1.